The molecule has 1 heterocycles. The van der Waals surface area contributed by atoms with E-state index in [0.29, 0.717) is 5.92 Å². The molecular weight excluding hydrogens is 208 g/mol. The highest BCUT2D eigenvalue weighted by Gasteiger charge is 2.39. The summed E-state index contributed by atoms with van der Waals surface area (Å²) in [5.74, 6) is 0.124. The molecule has 1 rings (SSSR count). The van der Waals surface area contributed by atoms with E-state index in [-0.39, 0.29) is 5.79 Å². The third-order valence-corrected chi connectivity index (χ3v) is 3.22. The first-order valence-electron chi connectivity index (χ1n) is 4.09. The van der Waals surface area contributed by atoms with Crippen LogP contribution in [0.2, 0.25) is 0 Å². The van der Waals surface area contributed by atoms with Crippen LogP contribution in [0.5, 0.6) is 0 Å². The van der Waals surface area contributed by atoms with Crippen molar-refractivity contribution >= 4 is 15.9 Å². The molecule has 1 aliphatic rings. The highest BCUT2D eigenvalue weighted by atomic mass is 79.9. The lowest BCUT2D eigenvalue weighted by Gasteiger charge is -2.31. The lowest BCUT2D eigenvalue weighted by Crippen LogP contribution is -2.37. The Balaban J connectivity index is 2.58. The van der Waals surface area contributed by atoms with E-state index in [4.69, 9.17) is 9.47 Å². The van der Waals surface area contributed by atoms with E-state index >= 15 is 0 Å². The Hall–Kier alpha value is 0.400. The highest BCUT2D eigenvalue weighted by Crippen LogP contribution is 2.32. The Kier molecular flexibility index (Phi) is 3.34. The quantitative estimate of drug-likeness (QED) is 0.682. The summed E-state index contributed by atoms with van der Waals surface area (Å²) in [6.07, 6.45) is 0.930. The molecule has 1 fully saturated rings. The van der Waals surface area contributed by atoms with Gasteiger partial charge in [0.15, 0.2) is 5.79 Å². The Labute approximate surface area is 76.4 Å². The van der Waals surface area contributed by atoms with Crippen molar-refractivity contribution in [3.05, 3.63) is 0 Å². The van der Waals surface area contributed by atoms with Gasteiger partial charge in [0.2, 0.25) is 0 Å². The molecule has 0 spiro atoms. The van der Waals surface area contributed by atoms with Gasteiger partial charge in [-0.2, -0.15) is 0 Å². The number of hydrogen-bond acceptors (Lipinski definition) is 2. The second kappa shape index (κ2) is 3.87. The molecule has 66 valence electrons. The minimum absolute atomic E-state index is 0.302. The maximum Gasteiger partial charge on any atom is 0.171 e. The second-order valence-corrected chi connectivity index (χ2v) is 3.57. The standard InChI is InChI=1S/C8H15BrO2/c1-3-8(7(2)6-9)10-4-5-11-8/h7H,3-6H2,1-2H3/t7-/m0/s1. The minimum Gasteiger partial charge on any atom is -0.347 e. The number of ether oxygens (including phenoxy) is 2. The zero-order valence-electron chi connectivity index (χ0n) is 7.10. The summed E-state index contributed by atoms with van der Waals surface area (Å²) in [4.78, 5) is 0. The fraction of sp³-hybridized carbons (Fsp3) is 1.00. The molecule has 0 N–H and O–H groups in total. The first-order valence-corrected chi connectivity index (χ1v) is 5.21. The predicted molar refractivity (Wildman–Crippen MR) is 47.9 cm³/mol. The van der Waals surface area contributed by atoms with Crippen LogP contribution in [-0.2, 0) is 9.47 Å². The lowest BCUT2D eigenvalue weighted by molar-refractivity contribution is -0.187. The molecular formula is C8H15BrO2. The Morgan fingerprint density at radius 1 is 1.45 bits per heavy atom. The van der Waals surface area contributed by atoms with Crippen LogP contribution in [0.4, 0.5) is 0 Å². The van der Waals surface area contributed by atoms with Crippen LogP contribution >= 0.6 is 15.9 Å². The van der Waals surface area contributed by atoms with Gasteiger partial charge in [0.25, 0.3) is 0 Å². The van der Waals surface area contributed by atoms with E-state index in [2.05, 4.69) is 29.8 Å². The van der Waals surface area contributed by atoms with Gasteiger partial charge in [0.1, 0.15) is 0 Å². The monoisotopic (exact) mass is 222 g/mol. The summed E-state index contributed by atoms with van der Waals surface area (Å²) in [5, 5.41) is 0.931. The van der Waals surface area contributed by atoms with Crippen molar-refractivity contribution in [3.63, 3.8) is 0 Å². The van der Waals surface area contributed by atoms with Crippen molar-refractivity contribution < 1.29 is 9.47 Å². The molecule has 0 bridgehead atoms. The van der Waals surface area contributed by atoms with Crippen LogP contribution < -0.4 is 0 Å². The number of hydrogen-bond donors (Lipinski definition) is 0. The van der Waals surface area contributed by atoms with Gasteiger partial charge in [-0.05, 0) is 6.42 Å². The van der Waals surface area contributed by atoms with Crippen molar-refractivity contribution in [2.24, 2.45) is 5.92 Å². The largest absolute Gasteiger partial charge is 0.347 e. The van der Waals surface area contributed by atoms with Crippen molar-refractivity contribution in [1.82, 2.24) is 0 Å². The van der Waals surface area contributed by atoms with E-state index in [1.165, 1.54) is 0 Å². The zero-order valence-corrected chi connectivity index (χ0v) is 8.69. The molecule has 0 aromatic rings. The molecule has 1 aliphatic heterocycles. The van der Waals surface area contributed by atoms with E-state index in [9.17, 15) is 0 Å². The van der Waals surface area contributed by atoms with Gasteiger partial charge >= 0.3 is 0 Å². The number of rotatable bonds is 3. The molecule has 0 aliphatic carbocycles. The Morgan fingerprint density at radius 3 is 2.36 bits per heavy atom. The highest BCUT2D eigenvalue weighted by molar-refractivity contribution is 9.09. The molecule has 0 aromatic heterocycles. The van der Waals surface area contributed by atoms with Crippen LogP contribution in [0.1, 0.15) is 20.3 Å². The third-order valence-electron chi connectivity index (χ3n) is 2.25. The van der Waals surface area contributed by atoms with E-state index in [1.807, 2.05) is 0 Å². The predicted octanol–water partition coefficient (Wildman–Crippen LogP) is 2.17. The van der Waals surface area contributed by atoms with Crippen molar-refractivity contribution in [3.8, 4) is 0 Å². The maximum absolute atomic E-state index is 5.59. The van der Waals surface area contributed by atoms with Crippen LogP contribution in [-0.4, -0.2) is 24.3 Å². The average molecular weight is 223 g/mol. The van der Waals surface area contributed by atoms with Crippen molar-refractivity contribution in [2.75, 3.05) is 18.5 Å². The van der Waals surface area contributed by atoms with Crippen LogP contribution in [0, 0.1) is 5.92 Å². The van der Waals surface area contributed by atoms with E-state index in [0.717, 1.165) is 25.0 Å². The molecule has 0 saturated carbocycles. The number of halogens is 1. The van der Waals surface area contributed by atoms with Crippen LogP contribution in [0.25, 0.3) is 0 Å². The number of alkyl halides is 1. The second-order valence-electron chi connectivity index (χ2n) is 2.92. The fourth-order valence-corrected chi connectivity index (χ4v) is 1.92. The normalized spacial score (nSPS) is 25.4. The molecule has 3 heteroatoms. The fourth-order valence-electron chi connectivity index (χ4n) is 1.43. The average Bonchev–Trinajstić information content (AvgIpc) is 2.52. The first kappa shape index (κ1) is 9.49. The van der Waals surface area contributed by atoms with Crippen LogP contribution in [0.15, 0.2) is 0 Å². The SMILES string of the molecule is CCC1([C@@H](C)CBr)OCCO1. The Morgan fingerprint density at radius 2 is 2.00 bits per heavy atom. The summed E-state index contributed by atoms with van der Waals surface area (Å²) in [5.41, 5.74) is 0. The zero-order chi connectivity index (χ0) is 8.32. The van der Waals surface area contributed by atoms with Gasteiger partial charge in [-0.25, -0.2) is 0 Å². The van der Waals surface area contributed by atoms with E-state index < -0.39 is 0 Å². The van der Waals surface area contributed by atoms with Gasteiger partial charge < -0.3 is 9.47 Å². The molecule has 1 saturated heterocycles. The molecule has 11 heavy (non-hydrogen) atoms. The van der Waals surface area contributed by atoms with Gasteiger partial charge in [-0.15, -0.1) is 0 Å². The van der Waals surface area contributed by atoms with Gasteiger partial charge in [0.05, 0.1) is 13.2 Å². The molecule has 2 nitrogen and oxygen atoms in total. The topological polar surface area (TPSA) is 18.5 Å². The summed E-state index contributed by atoms with van der Waals surface area (Å²) in [6, 6.07) is 0. The van der Waals surface area contributed by atoms with Gasteiger partial charge in [0, 0.05) is 11.2 Å². The molecule has 0 radical (unpaired) electrons. The molecule has 0 aromatic carbocycles. The lowest BCUT2D eigenvalue weighted by atomic mass is 10.0. The van der Waals surface area contributed by atoms with Gasteiger partial charge in [-0.1, -0.05) is 29.8 Å². The van der Waals surface area contributed by atoms with Crippen molar-refractivity contribution in [2.45, 2.75) is 26.1 Å². The third kappa shape index (κ3) is 1.76. The summed E-state index contributed by atoms with van der Waals surface area (Å²) < 4.78 is 11.2. The summed E-state index contributed by atoms with van der Waals surface area (Å²) >= 11 is 3.44. The summed E-state index contributed by atoms with van der Waals surface area (Å²) in [6.45, 7) is 5.73. The van der Waals surface area contributed by atoms with Crippen LogP contribution in [0.3, 0.4) is 0 Å². The summed E-state index contributed by atoms with van der Waals surface area (Å²) in [7, 11) is 0. The Bertz CT molecular complexity index is 121. The first-order chi connectivity index (χ1) is 5.25. The smallest absolute Gasteiger partial charge is 0.171 e. The van der Waals surface area contributed by atoms with Crippen molar-refractivity contribution in [1.29, 1.82) is 0 Å². The molecule has 1 atom stereocenters. The van der Waals surface area contributed by atoms with E-state index in [1.54, 1.807) is 0 Å². The molecule has 0 amide bonds. The maximum atomic E-state index is 5.59. The minimum atomic E-state index is -0.302. The van der Waals surface area contributed by atoms with Gasteiger partial charge in [-0.3, -0.25) is 0 Å². The molecule has 0 unspecified atom stereocenters.